The molecule has 3 rings (SSSR count). The van der Waals surface area contributed by atoms with Crippen LogP contribution in [0.4, 0.5) is 0 Å². The number of hydrogen-bond donors (Lipinski definition) is 0. The first kappa shape index (κ1) is 25.0. The van der Waals surface area contributed by atoms with Gasteiger partial charge in [0.05, 0.1) is 0 Å². The molecule has 2 aromatic carbocycles. The first-order valence-electron chi connectivity index (χ1n) is 8.39. The van der Waals surface area contributed by atoms with Crippen LogP contribution in [0.25, 0.3) is 5.20 Å². The zero-order valence-electron chi connectivity index (χ0n) is 14.4. The first-order valence-corrected chi connectivity index (χ1v) is 10.6. The summed E-state index contributed by atoms with van der Waals surface area (Å²) in [5, 5.41) is 3.25. The Kier molecular flexibility index (Phi) is 12.4. The van der Waals surface area contributed by atoms with Crippen LogP contribution in [-0.4, -0.2) is 9.52 Å². The van der Waals surface area contributed by atoms with Crippen LogP contribution >= 0.6 is 0 Å². The number of unbranched alkanes of at least 4 members (excludes halogenated alkanes) is 2. The Bertz CT molecular complexity index is 674. The van der Waals surface area contributed by atoms with Crippen molar-refractivity contribution < 1.29 is 57.7 Å². The van der Waals surface area contributed by atoms with Crippen LogP contribution in [0.2, 0.25) is 0 Å². The summed E-state index contributed by atoms with van der Waals surface area (Å²) in [5.74, 6) is 0.675. The molecule has 0 N–H and O–H groups in total. The van der Waals surface area contributed by atoms with E-state index in [0.29, 0.717) is 5.92 Å². The van der Waals surface area contributed by atoms with Crippen LogP contribution in [0, 0.1) is 0 Å². The third kappa shape index (κ3) is 5.99. The standard InChI is InChI=1S/C20H23Si.3ClH.Ti/c1-2-3-5-10-16-15-20(19-14-9-8-13-18(16)19)21-17-11-6-4-7-12-17;;;;/h4,6-9,11-14,16H,2-3,5,10,21H2,1H3;3*1H;/q;;;;+3/p-3. The maximum atomic E-state index is 2.39. The molecular formula is C20H23Cl3SiTi. The van der Waals surface area contributed by atoms with Gasteiger partial charge in [-0.3, -0.25) is 0 Å². The number of halogens is 3. The van der Waals surface area contributed by atoms with Crippen molar-refractivity contribution in [2.75, 3.05) is 0 Å². The van der Waals surface area contributed by atoms with Gasteiger partial charge in [-0.15, -0.1) is 0 Å². The predicted molar refractivity (Wildman–Crippen MR) is 94.9 cm³/mol. The van der Waals surface area contributed by atoms with Gasteiger partial charge in [-0.25, -0.2) is 0 Å². The average Bonchev–Trinajstić information content (AvgIpc) is 2.82. The van der Waals surface area contributed by atoms with Gasteiger partial charge in [-0.1, -0.05) is 0 Å². The molecule has 1 aliphatic carbocycles. The number of benzene rings is 2. The van der Waals surface area contributed by atoms with Crippen LogP contribution in [-0.2, 0) is 20.4 Å². The molecule has 0 aromatic heterocycles. The molecule has 0 aliphatic heterocycles. The Morgan fingerprint density at radius 1 is 0.880 bits per heavy atom. The van der Waals surface area contributed by atoms with Gasteiger partial charge in [-0.05, 0) is 0 Å². The largest absolute Gasteiger partial charge is 1.00 e. The smallest absolute Gasteiger partial charge is 1.00 e. The fourth-order valence-electron chi connectivity index (χ4n) is 3.48. The summed E-state index contributed by atoms with van der Waals surface area (Å²) in [6.45, 7) is 2.29. The van der Waals surface area contributed by atoms with E-state index in [4.69, 9.17) is 0 Å². The number of allylic oxidation sites excluding steroid dienone is 1. The molecule has 2 aromatic rings. The van der Waals surface area contributed by atoms with Crippen molar-refractivity contribution in [1.82, 2.24) is 0 Å². The summed E-state index contributed by atoms with van der Waals surface area (Å²) < 4.78 is 1.66. The van der Waals surface area contributed by atoms with Crippen LogP contribution < -0.4 is 42.4 Å². The molecule has 0 bridgehead atoms. The second-order valence-corrected chi connectivity index (χ2v) is 8.91. The molecule has 1 unspecified atom stereocenters. The minimum atomic E-state index is -0.372. The first-order chi connectivity index (χ1) is 10.8. The molecule has 0 saturated heterocycles. The maximum absolute atomic E-state index is 2.39. The molecule has 5 heteroatoms. The predicted octanol–water partition coefficient (Wildman–Crippen LogP) is -4.91. The Balaban J connectivity index is 0.00000192. The number of rotatable bonds is 6. The Labute approximate surface area is 184 Å². The van der Waals surface area contributed by atoms with Crippen molar-refractivity contribution in [2.45, 2.75) is 38.5 Å². The van der Waals surface area contributed by atoms with E-state index in [0.717, 1.165) is 0 Å². The maximum Gasteiger partial charge on any atom is -1.00 e. The molecule has 0 amide bonds. The summed E-state index contributed by atoms with van der Waals surface area (Å²) in [7, 11) is -0.372. The molecule has 132 valence electrons. The fraction of sp³-hybridized carbons (Fsp3) is 0.300. The molecule has 0 fully saturated rings. The zero-order chi connectivity index (χ0) is 15.4. The van der Waals surface area contributed by atoms with Gasteiger partial charge < -0.3 is 37.2 Å². The van der Waals surface area contributed by atoms with E-state index in [1.807, 2.05) is 0 Å². The molecule has 1 atom stereocenters. The van der Waals surface area contributed by atoms with Crippen LogP contribution in [0.3, 0.4) is 0 Å². The van der Waals surface area contributed by atoms with Gasteiger partial charge in [0, 0.05) is 0 Å². The minimum Gasteiger partial charge on any atom is -1.00 e. The van der Waals surface area contributed by atoms with E-state index in [1.54, 1.807) is 25.4 Å². The molecular weight excluding hydrogens is 423 g/mol. The molecule has 25 heavy (non-hydrogen) atoms. The molecule has 0 saturated carbocycles. The fourth-order valence-corrected chi connectivity index (χ4v) is 6.43. The summed E-state index contributed by atoms with van der Waals surface area (Å²) >= 11 is 2.39. The summed E-state index contributed by atoms with van der Waals surface area (Å²) in [6.07, 6.45) is 5.34. The van der Waals surface area contributed by atoms with Gasteiger partial charge >= 0.3 is 148 Å². The zero-order valence-corrected chi connectivity index (χ0v) is 19.7. The molecule has 0 nitrogen and oxygen atoms in total. The summed E-state index contributed by atoms with van der Waals surface area (Å²) in [5.41, 5.74) is 3.14. The van der Waals surface area contributed by atoms with E-state index in [2.05, 4.69) is 82.0 Å². The van der Waals surface area contributed by atoms with Crippen molar-refractivity contribution >= 4 is 19.9 Å². The second kappa shape index (κ2) is 12.4. The summed E-state index contributed by atoms with van der Waals surface area (Å²) in [4.78, 5) is 0. The van der Waals surface area contributed by atoms with E-state index >= 15 is 0 Å². The van der Waals surface area contributed by atoms with E-state index in [1.165, 1.54) is 25.7 Å². The third-order valence-electron chi connectivity index (χ3n) is 4.65. The molecule has 0 spiro atoms. The van der Waals surface area contributed by atoms with Crippen LogP contribution in [0.15, 0.2) is 58.5 Å². The Morgan fingerprint density at radius 3 is 2.20 bits per heavy atom. The summed E-state index contributed by atoms with van der Waals surface area (Å²) in [6, 6.07) is 20.2. The third-order valence-corrected chi connectivity index (χ3v) is 8.22. The quantitative estimate of drug-likeness (QED) is 0.309. The number of fused-ring (bicyclic) bond motifs is 1. The van der Waals surface area contributed by atoms with E-state index in [-0.39, 0.29) is 46.7 Å². The number of hydrogen-bond acceptors (Lipinski definition) is 0. The van der Waals surface area contributed by atoms with Gasteiger partial charge in [0.15, 0.2) is 0 Å². The normalized spacial score (nSPS) is 15.4. The monoisotopic (exact) mass is 444 g/mol. The van der Waals surface area contributed by atoms with E-state index in [9.17, 15) is 0 Å². The average molecular weight is 446 g/mol. The van der Waals surface area contributed by atoms with Crippen molar-refractivity contribution in [1.29, 1.82) is 0 Å². The topological polar surface area (TPSA) is 0 Å². The van der Waals surface area contributed by atoms with Crippen molar-refractivity contribution in [3.8, 4) is 0 Å². The van der Waals surface area contributed by atoms with E-state index < -0.39 is 0 Å². The Morgan fingerprint density at radius 2 is 1.52 bits per heavy atom. The molecule has 1 aliphatic rings. The van der Waals surface area contributed by atoms with Gasteiger partial charge in [0.2, 0.25) is 0 Å². The van der Waals surface area contributed by atoms with Crippen molar-refractivity contribution in [2.24, 2.45) is 0 Å². The van der Waals surface area contributed by atoms with Crippen LogP contribution in [0.1, 0.15) is 49.7 Å². The Hall–Kier alpha value is -0.0188. The van der Waals surface area contributed by atoms with Crippen molar-refractivity contribution in [3.05, 3.63) is 69.6 Å². The molecule has 0 radical (unpaired) electrons. The van der Waals surface area contributed by atoms with Crippen molar-refractivity contribution in [3.63, 3.8) is 0 Å². The second-order valence-electron chi connectivity index (χ2n) is 6.19. The van der Waals surface area contributed by atoms with Gasteiger partial charge in [-0.2, -0.15) is 0 Å². The minimum absolute atomic E-state index is 0. The molecule has 0 heterocycles. The van der Waals surface area contributed by atoms with Gasteiger partial charge in [0.25, 0.3) is 0 Å². The van der Waals surface area contributed by atoms with Crippen LogP contribution in [0.5, 0.6) is 0 Å². The van der Waals surface area contributed by atoms with Gasteiger partial charge in [0.1, 0.15) is 0 Å². The SMILES string of the molecule is CCCCCC1[C]([Ti+3])=C([SiH2]c2ccccc2)c2ccccc21.[Cl-].[Cl-].[Cl-].